The van der Waals surface area contributed by atoms with Gasteiger partial charge in [0.05, 0.1) is 17.7 Å². The summed E-state index contributed by atoms with van der Waals surface area (Å²) in [5.74, 6) is -0.245. The zero-order valence-corrected chi connectivity index (χ0v) is 10.1. The first-order valence-electron chi connectivity index (χ1n) is 4.32. The van der Waals surface area contributed by atoms with E-state index in [0.717, 1.165) is 15.0 Å². The fraction of sp³-hybridized carbons (Fsp3) is 0.100. The Kier molecular flexibility index (Phi) is 3.33. The summed E-state index contributed by atoms with van der Waals surface area (Å²) in [4.78, 5) is 5.08. The quantitative estimate of drug-likeness (QED) is 0.932. The van der Waals surface area contributed by atoms with E-state index in [4.69, 9.17) is 0 Å². The molecule has 1 N–H and O–H groups in total. The molecule has 1 aromatic heterocycles. The number of rotatable bonds is 3. The second-order valence-corrected chi connectivity index (χ2v) is 4.77. The van der Waals surface area contributed by atoms with Crippen LogP contribution in [0, 0.1) is 5.82 Å². The predicted octanol–water partition coefficient (Wildman–Crippen LogP) is 3.66. The molecule has 0 saturated carbocycles. The van der Waals surface area contributed by atoms with E-state index in [1.54, 1.807) is 29.1 Å². The lowest BCUT2D eigenvalue weighted by Gasteiger charge is -2.06. The molecule has 0 unspecified atom stereocenters. The SMILES string of the molecule is Fc1ccc(Br)c(NCc2cncs2)c1. The summed E-state index contributed by atoms with van der Waals surface area (Å²) < 4.78 is 13.8. The third kappa shape index (κ3) is 2.76. The molecule has 2 rings (SSSR count). The maximum absolute atomic E-state index is 12.9. The lowest BCUT2D eigenvalue weighted by atomic mass is 10.3. The van der Waals surface area contributed by atoms with Crippen molar-refractivity contribution in [2.45, 2.75) is 6.54 Å². The lowest BCUT2D eigenvalue weighted by molar-refractivity contribution is 0.628. The van der Waals surface area contributed by atoms with Crippen LogP contribution in [0.3, 0.4) is 0 Å². The monoisotopic (exact) mass is 286 g/mol. The van der Waals surface area contributed by atoms with Crippen LogP contribution in [0.25, 0.3) is 0 Å². The number of anilines is 1. The molecule has 0 saturated heterocycles. The fourth-order valence-corrected chi connectivity index (χ4v) is 2.07. The van der Waals surface area contributed by atoms with Crippen LogP contribution in [0.2, 0.25) is 0 Å². The molecule has 78 valence electrons. The van der Waals surface area contributed by atoms with Crippen LogP contribution in [-0.4, -0.2) is 4.98 Å². The maximum Gasteiger partial charge on any atom is 0.125 e. The van der Waals surface area contributed by atoms with Crippen molar-refractivity contribution in [2.75, 3.05) is 5.32 Å². The van der Waals surface area contributed by atoms with Crippen molar-refractivity contribution in [1.82, 2.24) is 4.98 Å². The third-order valence-electron chi connectivity index (χ3n) is 1.86. The van der Waals surface area contributed by atoms with Gasteiger partial charge in [0.2, 0.25) is 0 Å². The molecule has 5 heteroatoms. The van der Waals surface area contributed by atoms with Crippen molar-refractivity contribution in [3.05, 3.63) is 45.1 Å². The summed E-state index contributed by atoms with van der Waals surface area (Å²) in [5, 5.41) is 3.14. The molecule has 0 aliphatic heterocycles. The van der Waals surface area contributed by atoms with Crippen molar-refractivity contribution < 1.29 is 4.39 Å². The largest absolute Gasteiger partial charge is 0.379 e. The van der Waals surface area contributed by atoms with Crippen molar-refractivity contribution in [1.29, 1.82) is 0 Å². The number of thiazole rings is 1. The second kappa shape index (κ2) is 4.72. The molecule has 0 fully saturated rings. The topological polar surface area (TPSA) is 24.9 Å². The van der Waals surface area contributed by atoms with Crippen LogP contribution >= 0.6 is 27.3 Å². The predicted molar refractivity (Wildman–Crippen MR) is 63.5 cm³/mol. The van der Waals surface area contributed by atoms with E-state index in [1.165, 1.54) is 12.1 Å². The number of aromatic nitrogens is 1. The van der Waals surface area contributed by atoms with Gasteiger partial charge in [-0.2, -0.15) is 0 Å². The molecule has 0 aliphatic carbocycles. The number of hydrogen-bond acceptors (Lipinski definition) is 3. The summed E-state index contributed by atoms with van der Waals surface area (Å²) >= 11 is 4.92. The molecule has 0 atom stereocenters. The second-order valence-electron chi connectivity index (χ2n) is 2.95. The Hall–Kier alpha value is -0.940. The van der Waals surface area contributed by atoms with Gasteiger partial charge in [0.1, 0.15) is 5.82 Å². The van der Waals surface area contributed by atoms with Crippen molar-refractivity contribution in [2.24, 2.45) is 0 Å². The van der Waals surface area contributed by atoms with E-state index in [2.05, 4.69) is 26.2 Å². The van der Waals surface area contributed by atoms with Crippen molar-refractivity contribution in [3.63, 3.8) is 0 Å². The molecule has 0 aliphatic rings. The van der Waals surface area contributed by atoms with Gasteiger partial charge in [-0.25, -0.2) is 4.39 Å². The third-order valence-corrected chi connectivity index (χ3v) is 3.34. The van der Waals surface area contributed by atoms with Crippen LogP contribution < -0.4 is 5.32 Å². The molecular weight excluding hydrogens is 279 g/mol. The van der Waals surface area contributed by atoms with Gasteiger partial charge >= 0.3 is 0 Å². The summed E-state index contributed by atoms with van der Waals surface area (Å²) in [6.07, 6.45) is 1.80. The Morgan fingerprint density at radius 1 is 1.47 bits per heavy atom. The Morgan fingerprint density at radius 3 is 3.07 bits per heavy atom. The average Bonchev–Trinajstić information content (AvgIpc) is 2.72. The molecule has 2 aromatic rings. The van der Waals surface area contributed by atoms with Gasteiger partial charge in [-0.05, 0) is 34.1 Å². The number of hydrogen-bond donors (Lipinski definition) is 1. The minimum Gasteiger partial charge on any atom is -0.379 e. The Morgan fingerprint density at radius 2 is 2.33 bits per heavy atom. The van der Waals surface area contributed by atoms with Crippen molar-refractivity contribution in [3.8, 4) is 0 Å². The van der Waals surface area contributed by atoms with E-state index < -0.39 is 0 Å². The molecular formula is C10H8BrFN2S. The highest BCUT2D eigenvalue weighted by Gasteiger charge is 2.01. The highest BCUT2D eigenvalue weighted by Crippen LogP contribution is 2.23. The summed E-state index contributed by atoms with van der Waals surface area (Å²) in [6, 6.07) is 4.57. The van der Waals surface area contributed by atoms with E-state index in [9.17, 15) is 4.39 Å². The van der Waals surface area contributed by atoms with Gasteiger partial charge < -0.3 is 5.32 Å². The van der Waals surface area contributed by atoms with Crippen LogP contribution in [-0.2, 0) is 6.54 Å². The van der Waals surface area contributed by atoms with E-state index >= 15 is 0 Å². The summed E-state index contributed by atoms with van der Waals surface area (Å²) in [6.45, 7) is 0.659. The Balaban J connectivity index is 2.07. The zero-order chi connectivity index (χ0) is 10.7. The van der Waals surface area contributed by atoms with Crippen LogP contribution in [0.1, 0.15) is 4.88 Å². The van der Waals surface area contributed by atoms with Gasteiger partial charge in [0.25, 0.3) is 0 Å². The van der Waals surface area contributed by atoms with Crippen LogP contribution in [0.15, 0.2) is 34.4 Å². The van der Waals surface area contributed by atoms with E-state index in [1.807, 2.05) is 0 Å². The first-order chi connectivity index (χ1) is 7.25. The van der Waals surface area contributed by atoms with Gasteiger partial charge in [-0.1, -0.05) is 0 Å². The number of nitrogens with one attached hydrogen (secondary N) is 1. The van der Waals surface area contributed by atoms with E-state index in [-0.39, 0.29) is 5.82 Å². The molecule has 15 heavy (non-hydrogen) atoms. The van der Waals surface area contributed by atoms with E-state index in [0.29, 0.717) is 6.54 Å². The minimum atomic E-state index is -0.245. The summed E-state index contributed by atoms with van der Waals surface area (Å²) in [7, 11) is 0. The van der Waals surface area contributed by atoms with Gasteiger partial charge in [-0.15, -0.1) is 11.3 Å². The van der Waals surface area contributed by atoms with Crippen molar-refractivity contribution >= 4 is 33.0 Å². The highest BCUT2D eigenvalue weighted by molar-refractivity contribution is 9.10. The molecule has 0 radical (unpaired) electrons. The lowest BCUT2D eigenvalue weighted by Crippen LogP contribution is -1.98. The first-order valence-corrected chi connectivity index (χ1v) is 5.99. The molecule has 1 aromatic carbocycles. The summed E-state index contributed by atoms with van der Waals surface area (Å²) in [5.41, 5.74) is 2.53. The maximum atomic E-state index is 12.9. The molecule has 0 spiro atoms. The number of benzene rings is 1. The highest BCUT2D eigenvalue weighted by atomic mass is 79.9. The van der Waals surface area contributed by atoms with Crippen LogP contribution in [0.4, 0.5) is 10.1 Å². The van der Waals surface area contributed by atoms with Gasteiger partial charge in [0.15, 0.2) is 0 Å². The first kappa shape index (κ1) is 10.6. The van der Waals surface area contributed by atoms with Gasteiger partial charge in [-0.3, -0.25) is 4.98 Å². The standard InChI is InChI=1S/C10H8BrFN2S/c11-9-2-1-7(12)3-10(9)14-5-8-4-13-6-15-8/h1-4,6,14H,5H2. The number of nitrogens with zero attached hydrogens (tertiary/aromatic N) is 1. The molecule has 0 bridgehead atoms. The Labute approximate surface area is 99.3 Å². The van der Waals surface area contributed by atoms with Gasteiger partial charge in [0, 0.05) is 15.5 Å². The molecule has 0 amide bonds. The zero-order valence-electron chi connectivity index (χ0n) is 7.71. The fourth-order valence-electron chi connectivity index (χ4n) is 1.14. The Bertz CT molecular complexity index is 445. The number of halogens is 2. The molecule has 1 heterocycles. The molecule has 2 nitrogen and oxygen atoms in total. The normalized spacial score (nSPS) is 10.3. The van der Waals surface area contributed by atoms with Crippen LogP contribution in [0.5, 0.6) is 0 Å². The average molecular weight is 287 g/mol. The minimum absolute atomic E-state index is 0.245. The smallest absolute Gasteiger partial charge is 0.125 e.